The molecule has 0 unspecified atom stereocenters. The van der Waals surface area contributed by atoms with Gasteiger partial charge in [-0.1, -0.05) is 77.1 Å². The van der Waals surface area contributed by atoms with Gasteiger partial charge >= 0.3 is 5.97 Å². The normalized spacial score (nSPS) is 10.5. The molecule has 4 aromatic rings. The SMILES string of the molecule is CCCCCCCOc1cc(OC)c(C(=O)Nc2ccc(C#Cc3ccc(OC(=O)c4cc(OC)c(OCCCCCCC)cc4OC)cc3)cc2)cc1OC. The number of hydrogen-bond donors (Lipinski definition) is 1. The second-order valence-corrected chi connectivity index (χ2v) is 13.1. The Morgan fingerprint density at radius 2 is 0.964 bits per heavy atom. The summed E-state index contributed by atoms with van der Waals surface area (Å²) in [5.41, 5.74) is 2.60. The van der Waals surface area contributed by atoms with Crippen molar-refractivity contribution in [2.75, 3.05) is 47.0 Å². The quantitative estimate of drug-likeness (QED) is 0.0362. The number of benzene rings is 4. The summed E-state index contributed by atoms with van der Waals surface area (Å²) >= 11 is 0. The number of rotatable bonds is 22. The third-order valence-corrected chi connectivity index (χ3v) is 9.01. The van der Waals surface area contributed by atoms with Crippen molar-refractivity contribution < 1.29 is 42.7 Å². The molecule has 0 aromatic heterocycles. The van der Waals surface area contributed by atoms with Gasteiger partial charge in [-0.2, -0.15) is 0 Å². The van der Waals surface area contributed by atoms with Gasteiger partial charge in [-0.15, -0.1) is 0 Å². The van der Waals surface area contributed by atoms with Crippen LogP contribution in [0, 0.1) is 11.8 Å². The Morgan fingerprint density at radius 1 is 0.518 bits per heavy atom. The van der Waals surface area contributed by atoms with E-state index in [1.54, 1.807) is 67.8 Å². The van der Waals surface area contributed by atoms with Crippen molar-refractivity contribution in [3.63, 3.8) is 0 Å². The van der Waals surface area contributed by atoms with Crippen molar-refractivity contribution in [1.29, 1.82) is 0 Å². The fourth-order valence-corrected chi connectivity index (χ4v) is 5.83. The molecule has 0 saturated carbocycles. The number of unbranched alkanes of at least 4 members (excludes halogenated alkanes) is 8. The van der Waals surface area contributed by atoms with E-state index < -0.39 is 5.97 Å². The first-order valence-corrected chi connectivity index (χ1v) is 19.4. The summed E-state index contributed by atoms with van der Waals surface area (Å²) in [6.07, 6.45) is 11.2. The molecule has 0 atom stereocenters. The molecule has 56 heavy (non-hydrogen) atoms. The number of ether oxygens (including phenoxy) is 7. The molecular weight excluding hydrogens is 711 g/mol. The minimum absolute atomic E-state index is 0.216. The Hall–Kier alpha value is -5.82. The third kappa shape index (κ3) is 12.9. The highest BCUT2D eigenvalue weighted by Gasteiger charge is 2.21. The van der Waals surface area contributed by atoms with Crippen LogP contribution in [0.15, 0.2) is 72.8 Å². The standard InChI is InChI=1S/C46H55NO9/c1-7-9-11-13-15-27-54-43-31-39(50-3)37(29-41(43)52-5)45(48)47-35-23-19-33(20-24-35)17-18-34-21-25-36(26-22-34)56-46(49)38-30-42(53-6)44(32-40(38)51-4)55-28-16-14-12-10-8-2/h19-26,29-32H,7-16,27-28H2,1-6H3,(H,47,48). The van der Waals surface area contributed by atoms with Gasteiger partial charge in [0.2, 0.25) is 0 Å². The van der Waals surface area contributed by atoms with E-state index in [1.807, 2.05) is 12.1 Å². The predicted molar refractivity (Wildman–Crippen MR) is 219 cm³/mol. The number of anilines is 1. The Morgan fingerprint density at radius 3 is 1.45 bits per heavy atom. The van der Waals surface area contributed by atoms with Gasteiger partial charge in [0.1, 0.15) is 22.8 Å². The van der Waals surface area contributed by atoms with Gasteiger partial charge in [-0.25, -0.2) is 4.79 Å². The molecule has 0 heterocycles. The first-order valence-electron chi connectivity index (χ1n) is 19.4. The Labute approximate surface area is 331 Å². The molecule has 0 saturated heterocycles. The molecule has 4 aromatic carbocycles. The second kappa shape index (κ2) is 23.2. The molecule has 298 valence electrons. The van der Waals surface area contributed by atoms with E-state index in [1.165, 1.54) is 59.9 Å². The predicted octanol–water partition coefficient (Wildman–Crippen LogP) is 10.3. The summed E-state index contributed by atoms with van der Waals surface area (Å²) < 4.78 is 39.6. The molecule has 1 N–H and O–H groups in total. The van der Waals surface area contributed by atoms with Crippen LogP contribution in [0.4, 0.5) is 5.69 Å². The highest BCUT2D eigenvalue weighted by atomic mass is 16.5. The summed E-state index contributed by atoms with van der Waals surface area (Å²) in [7, 11) is 6.08. The van der Waals surface area contributed by atoms with Crippen LogP contribution < -0.4 is 38.5 Å². The van der Waals surface area contributed by atoms with Gasteiger partial charge in [-0.05, 0) is 61.4 Å². The molecule has 10 heteroatoms. The topological polar surface area (TPSA) is 111 Å². The first-order chi connectivity index (χ1) is 27.3. The van der Waals surface area contributed by atoms with Crippen molar-refractivity contribution in [3.8, 4) is 52.1 Å². The number of nitrogens with one attached hydrogen (secondary N) is 1. The van der Waals surface area contributed by atoms with E-state index in [0.717, 1.165) is 36.8 Å². The van der Waals surface area contributed by atoms with E-state index in [4.69, 9.17) is 33.2 Å². The number of hydrogen-bond acceptors (Lipinski definition) is 9. The van der Waals surface area contributed by atoms with Crippen LogP contribution in [0.1, 0.15) is 110 Å². The van der Waals surface area contributed by atoms with Crippen molar-refractivity contribution in [2.24, 2.45) is 0 Å². The number of amides is 1. The van der Waals surface area contributed by atoms with E-state index in [0.29, 0.717) is 64.7 Å². The zero-order valence-electron chi connectivity index (χ0n) is 33.6. The van der Waals surface area contributed by atoms with Gasteiger partial charge < -0.3 is 38.5 Å². The third-order valence-electron chi connectivity index (χ3n) is 9.01. The largest absolute Gasteiger partial charge is 0.496 e. The Bertz CT molecular complexity index is 1770. The van der Waals surface area contributed by atoms with Crippen molar-refractivity contribution in [1.82, 2.24) is 0 Å². The minimum atomic E-state index is -0.593. The van der Waals surface area contributed by atoms with E-state index in [2.05, 4.69) is 31.0 Å². The minimum Gasteiger partial charge on any atom is -0.496 e. The molecule has 0 spiro atoms. The highest BCUT2D eigenvalue weighted by Crippen LogP contribution is 2.37. The fraction of sp³-hybridized carbons (Fsp3) is 0.391. The number of carbonyl (C=O) groups is 2. The van der Waals surface area contributed by atoms with Gasteiger partial charge in [0, 0.05) is 41.1 Å². The zero-order valence-corrected chi connectivity index (χ0v) is 33.6. The average molecular weight is 766 g/mol. The van der Waals surface area contributed by atoms with Crippen molar-refractivity contribution in [3.05, 3.63) is 95.1 Å². The molecule has 0 radical (unpaired) electrons. The van der Waals surface area contributed by atoms with E-state index >= 15 is 0 Å². The van der Waals surface area contributed by atoms with Crippen LogP contribution in [-0.2, 0) is 0 Å². The molecule has 0 bridgehead atoms. The Kier molecular flexibility index (Phi) is 17.8. The molecule has 4 rings (SSSR count). The Balaban J connectivity index is 1.34. The van der Waals surface area contributed by atoms with E-state index in [-0.39, 0.29) is 11.5 Å². The maximum Gasteiger partial charge on any atom is 0.347 e. The highest BCUT2D eigenvalue weighted by molar-refractivity contribution is 6.06. The summed E-state index contributed by atoms with van der Waals surface area (Å²) in [5, 5.41) is 2.92. The monoisotopic (exact) mass is 765 g/mol. The van der Waals surface area contributed by atoms with Crippen LogP contribution >= 0.6 is 0 Å². The smallest absolute Gasteiger partial charge is 0.347 e. The number of esters is 1. The summed E-state index contributed by atoms with van der Waals surface area (Å²) in [4.78, 5) is 26.5. The van der Waals surface area contributed by atoms with Crippen LogP contribution in [0.25, 0.3) is 0 Å². The fourth-order valence-electron chi connectivity index (χ4n) is 5.83. The second-order valence-electron chi connectivity index (χ2n) is 13.1. The molecule has 0 fully saturated rings. The van der Waals surface area contributed by atoms with Gasteiger partial charge in [0.15, 0.2) is 23.0 Å². The van der Waals surface area contributed by atoms with Crippen LogP contribution in [0.5, 0.6) is 40.2 Å². The maximum atomic E-state index is 13.3. The lowest BCUT2D eigenvalue weighted by Crippen LogP contribution is -2.14. The number of methoxy groups -OCH3 is 4. The summed E-state index contributed by atoms with van der Waals surface area (Å²) in [6.45, 7) is 5.48. The molecule has 10 nitrogen and oxygen atoms in total. The lowest BCUT2D eigenvalue weighted by atomic mass is 10.1. The lowest BCUT2D eigenvalue weighted by molar-refractivity contribution is 0.0730. The summed E-state index contributed by atoms with van der Waals surface area (Å²) in [6, 6.07) is 20.6. The molecule has 0 aliphatic rings. The average Bonchev–Trinajstić information content (AvgIpc) is 3.22. The van der Waals surface area contributed by atoms with Gasteiger partial charge in [0.05, 0.1) is 47.2 Å². The van der Waals surface area contributed by atoms with Crippen molar-refractivity contribution >= 4 is 17.6 Å². The van der Waals surface area contributed by atoms with Gasteiger partial charge in [0.25, 0.3) is 5.91 Å². The van der Waals surface area contributed by atoms with Gasteiger partial charge in [-0.3, -0.25) is 4.79 Å². The lowest BCUT2D eigenvalue weighted by Gasteiger charge is -2.15. The number of carbonyl (C=O) groups excluding carboxylic acids is 2. The van der Waals surface area contributed by atoms with Crippen LogP contribution in [0.3, 0.4) is 0 Å². The summed E-state index contributed by atoms with van der Waals surface area (Å²) in [5.74, 6) is 8.29. The first kappa shape index (κ1) is 42.9. The molecule has 0 aliphatic heterocycles. The van der Waals surface area contributed by atoms with Crippen molar-refractivity contribution in [2.45, 2.75) is 78.1 Å². The van der Waals surface area contributed by atoms with Crippen LogP contribution in [-0.4, -0.2) is 53.5 Å². The maximum absolute atomic E-state index is 13.3. The molecule has 0 aliphatic carbocycles. The molecular formula is C46H55NO9. The zero-order chi connectivity index (χ0) is 40.1. The van der Waals surface area contributed by atoms with Crippen LogP contribution in [0.2, 0.25) is 0 Å². The van der Waals surface area contributed by atoms with E-state index in [9.17, 15) is 9.59 Å². The molecule has 1 amide bonds.